The van der Waals surface area contributed by atoms with Crippen LogP contribution >= 0.6 is 12.6 Å². The summed E-state index contributed by atoms with van der Waals surface area (Å²) in [4.78, 5) is 2.64. The van der Waals surface area contributed by atoms with Gasteiger partial charge in [0, 0.05) is 6.04 Å². The summed E-state index contributed by atoms with van der Waals surface area (Å²) < 4.78 is 0. The van der Waals surface area contributed by atoms with Crippen LogP contribution in [0.2, 0.25) is 0 Å². The van der Waals surface area contributed by atoms with Crippen molar-refractivity contribution >= 4 is 12.6 Å². The minimum Gasteiger partial charge on any atom is -0.301 e. The molecule has 1 saturated heterocycles. The molecule has 1 nitrogen and oxygen atoms in total. The molecule has 78 valence electrons. The van der Waals surface area contributed by atoms with E-state index in [9.17, 15) is 0 Å². The van der Waals surface area contributed by atoms with Gasteiger partial charge in [-0.05, 0) is 57.4 Å². The molecule has 1 aliphatic heterocycles. The van der Waals surface area contributed by atoms with Gasteiger partial charge in [-0.1, -0.05) is 6.92 Å². The summed E-state index contributed by atoms with van der Waals surface area (Å²) in [6.45, 7) is 7.35. The van der Waals surface area contributed by atoms with Crippen LogP contribution in [-0.4, -0.2) is 29.8 Å². The lowest BCUT2D eigenvalue weighted by molar-refractivity contribution is 0.128. The topological polar surface area (TPSA) is 3.24 Å². The van der Waals surface area contributed by atoms with Gasteiger partial charge in [0.2, 0.25) is 0 Å². The molecule has 0 amide bonds. The molecule has 0 radical (unpaired) electrons. The van der Waals surface area contributed by atoms with Gasteiger partial charge < -0.3 is 4.90 Å². The Morgan fingerprint density at radius 2 is 2.08 bits per heavy atom. The van der Waals surface area contributed by atoms with Crippen molar-refractivity contribution in [2.45, 2.75) is 45.6 Å². The van der Waals surface area contributed by atoms with Gasteiger partial charge in [-0.15, -0.1) is 0 Å². The smallest absolute Gasteiger partial charge is 0.00694 e. The van der Waals surface area contributed by atoms with E-state index in [1.165, 1.54) is 38.8 Å². The van der Waals surface area contributed by atoms with Crippen LogP contribution in [0.25, 0.3) is 0 Å². The Balaban J connectivity index is 2.18. The molecule has 0 saturated carbocycles. The maximum Gasteiger partial charge on any atom is 0.00694 e. The third-order valence-electron chi connectivity index (χ3n) is 3.13. The number of hydrogen-bond donors (Lipinski definition) is 1. The highest BCUT2D eigenvalue weighted by Gasteiger charge is 2.21. The molecule has 0 bridgehead atoms. The molecule has 2 atom stereocenters. The molecule has 0 aromatic carbocycles. The standard InChI is InChI=1S/C11H23NS/c1-10-5-7-12(11(2)9-10)6-3-4-8-13/h10-11,13H,3-9H2,1-2H3. The number of hydrogen-bond acceptors (Lipinski definition) is 2. The maximum absolute atomic E-state index is 4.24. The Morgan fingerprint density at radius 1 is 1.31 bits per heavy atom. The summed E-state index contributed by atoms with van der Waals surface area (Å²) in [6.07, 6.45) is 5.37. The number of unbranched alkanes of at least 4 members (excludes halogenated alkanes) is 1. The van der Waals surface area contributed by atoms with E-state index in [-0.39, 0.29) is 0 Å². The summed E-state index contributed by atoms with van der Waals surface area (Å²) >= 11 is 4.24. The molecule has 0 aromatic rings. The Kier molecular flexibility index (Phi) is 5.18. The molecule has 2 heteroatoms. The second-order valence-corrected chi connectivity index (χ2v) is 4.89. The maximum atomic E-state index is 4.24. The third kappa shape index (κ3) is 3.90. The van der Waals surface area contributed by atoms with Gasteiger partial charge in [0.15, 0.2) is 0 Å². The van der Waals surface area contributed by atoms with Crippen LogP contribution in [0.1, 0.15) is 39.5 Å². The van der Waals surface area contributed by atoms with Crippen molar-refractivity contribution in [3.63, 3.8) is 0 Å². The first kappa shape index (κ1) is 11.4. The second-order valence-electron chi connectivity index (χ2n) is 4.45. The van der Waals surface area contributed by atoms with Gasteiger partial charge in [0.25, 0.3) is 0 Å². The fraction of sp³-hybridized carbons (Fsp3) is 1.00. The van der Waals surface area contributed by atoms with E-state index in [2.05, 4.69) is 31.4 Å². The third-order valence-corrected chi connectivity index (χ3v) is 3.45. The van der Waals surface area contributed by atoms with Gasteiger partial charge in [0.1, 0.15) is 0 Å². The van der Waals surface area contributed by atoms with Gasteiger partial charge in [-0.2, -0.15) is 12.6 Å². The summed E-state index contributed by atoms with van der Waals surface area (Å²) in [5.74, 6) is 1.98. The van der Waals surface area contributed by atoms with Crippen LogP contribution in [0, 0.1) is 5.92 Å². The van der Waals surface area contributed by atoms with Gasteiger partial charge in [-0.25, -0.2) is 0 Å². The zero-order chi connectivity index (χ0) is 9.68. The SMILES string of the molecule is CC1CCN(CCCCS)C(C)C1. The highest BCUT2D eigenvalue weighted by molar-refractivity contribution is 7.80. The highest BCUT2D eigenvalue weighted by Crippen LogP contribution is 2.22. The normalized spacial score (nSPS) is 30.7. The number of piperidine rings is 1. The summed E-state index contributed by atoms with van der Waals surface area (Å²) in [5, 5.41) is 0. The predicted octanol–water partition coefficient (Wildman–Crippen LogP) is 2.82. The van der Waals surface area contributed by atoms with Crippen LogP contribution in [0.15, 0.2) is 0 Å². The average molecular weight is 201 g/mol. The van der Waals surface area contributed by atoms with E-state index < -0.39 is 0 Å². The van der Waals surface area contributed by atoms with Gasteiger partial charge in [-0.3, -0.25) is 0 Å². The van der Waals surface area contributed by atoms with Crippen LogP contribution in [0.4, 0.5) is 0 Å². The first-order valence-corrected chi connectivity index (χ1v) is 6.22. The fourth-order valence-electron chi connectivity index (χ4n) is 2.21. The first-order valence-electron chi connectivity index (χ1n) is 5.59. The van der Waals surface area contributed by atoms with Gasteiger partial charge in [0.05, 0.1) is 0 Å². The number of nitrogens with zero attached hydrogens (tertiary/aromatic N) is 1. The van der Waals surface area contributed by atoms with Crippen molar-refractivity contribution in [2.24, 2.45) is 5.92 Å². The van der Waals surface area contributed by atoms with Crippen LogP contribution in [-0.2, 0) is 0 Å². The largest absolute Gasteiger partial charge is 0.301 e. The zero-order valence-corrected chi connectivity index (χ0v) is 9.89. The fourth-order valence-corrected chi connectivity index (χ4v) is 2.44. The first-order chi connectivity index (χ1) is 6.24. The van der Waals surface area contributed by atoms with Crippen molar-refractivity contribution < 1.29 is 0 Å². The Labute approximate surface area is 88.3 Å². The monoisotopic (exact) mass is 201 g/mol. The summed E-state index contributed by atoms with van der Waals surface area (Å²) in [7, 11) is 0. The number of thiol groups is 1. The van der Waals surface area contributed by atoms with E-state index in [0.29, 0.717) is 0 Å². The second kappa shape index (κ2) is 5.92. The molecular formula is C11H23NS. The van der Waals surface area contributed by atoms with Crippen molar-refractivity contribution in [3.8, 4) is 0 Å². The lowest BCUT2D eigenvalue weighted by Crippen LogP contribution is -2.40. The van der Waals surface area contributed by atoms with Crippen molar-refractivity contribution in [3.05, 3.63) is 0 Å². The quantitative estimate of drug-likeness (QED) is 0.541. The van der Waals surface area contributed by atoms with E-state index in [4.69, 9.17) is 0 Å². The van der Waals surface area contributed by atoms with Gasteiger partial charge >= 0.3 is 0 Å². The molecule has 0 aliphatic carbocycles. The Morgan fingerprint density at radius 3 is 2.69 bits per heavy atom. The molecule has 0 N–H and O–H groups in total. The lowest BCUT2D eigenvalue weighted by atomic mass is 9.93. The molecular weight excluding hydrogens is 178 g/mol. The molecule has 0 aromatic heterocycles. The molecule has 1 rings (SSSR count). The van der Waals surface area contributed by atoms with Crippen molar-refractivity contribution in [1.82, 2.24) is 4.90 Å². The molecule has 13 heavy (non-hydrogen) atoms. The van der Waals surface area contributed by atoms with Crippen LogP contribution < -0.4 is 0 Å². The predicted molar refractivity (Wildman–Crippen MR) is 62.5 cm³/mol. The molecule has 0 spiro atoms. The number of rotatable bonds is 4. The highest BCUT2D eigenvalue weighted by atomic mass is 32.1. The minimum absolute atomic E-state index is 0.809. The summed E-state index contributed by atoms with van der Waals surface area (Å²) in [5.41, 5.74) is 0. The lowest BCUT2D eigenvalue weighted by Gasteiger charge is -2.36. The Hall–Kier alpha value is 0.310. The molecule has 1 heterocycles. The summed E-state index contributed by atoms with van der Waals surface area (Å²) in [6, 6.07) is 0.809. The van der Waals surface area contributed by atoms with E-state index >= 15 is 0 Å². The average Bonchev–Trinajstić information content (AvgIpc) is 2.09. The van der Waals surface area contributed by atoms with Crippen molar-refractivity contribution in [2.75, 3.05) is 18.8 Å². The minimum atomic E-state index is 0.809. The molecule has 1 aliphatic rings. The molecule has 1 fully saturated rings. The van der Waals surface area contributed by atoms with E-state index in [0.717, 1.165) is 17.7 Å². The van der Waals surface area contributed by atoms with Crippen LogP contribution in [0.3, 0.4) is 0 Å². The molecule has 2 unspecified atom stereocenters. The zero-order valence-electron chi connectivity index (χ0n) is 9.00. The van der Waals surface area contributed by atoms with E-state index in [1.807, 2.05) is 0 Å². The van der Waals surface area contributed by atoms with E-state index in [1.54, 1.807) is 0 Å². The number of likely N-dealkylation sites (tertiary alicyclic amines) is 1. The van der Waals surface area contributed by atoms with Crippen LogP contribution in [0.5, 0.6) is 0 Å². The van der Waals surface area contributed by atoms with Crippen molar-refractivity contribution in [1.29, 1.82) is 0 Å². The Bertz CT molecular complexity index is 138.